The maximum absolute atomic E-state index is 4.93. The van der Waals surface area contributed by atoms with Crippen molar-refractivity contribution < 1.29 is 0 Å². The van der Waals surface area contributed by atoms with Crippen molar-refractivity contribution >= 4 is 16.5 Å². The Bertz CT molecular complexity index is 604. The Labute approximate surface area is 129 Å². The van der Waals surface area contributed by atoms with E-state index < -0.39 is 0 Å². The molecular formula is C14H22N6S. The van der Waals surface area contributed by atoms with E-state index in [0.29, 0.717) is 5.92 Å². The van der Waals surface area contributed by atoms with Crippen molar-refractivity contribution in [3.05, 3.63) is 22.7 Å². The Morgan fingerprint density at radius 1 is 1.43 bits per heavy atom. The molecule has 1 N–H and O–H groups in total. The average Bonchev–Trinajstić information content (AvgIpc) is 3.12. The quantitative estimate of drug-likeness (QED) is 0.915. The molecule has 0 aliphatic carbocycles. The highest BCUT2D eigenvalue weighted by molar-refractivity contribution is 7.15. The molecule has 0 amide bonds. The highest BCUT2D eigenvalue weighted by atomic mass is 32.1. The first-order chi connectivity index (χ1) is 10.2. The van der Waals surface area contributed by atoms with Crippen LogP contribution >= 0.6 is 11.3 Å². The van der Waals surface area contributed by atoms with Gasteiger partial charge in [0, 0.05) is 24.5 Å². The van der Waals surface area contributed by atoms with Crippen LogP contribution in [0.3, 0.4) is 0 Å². The summed E-state index contributed by atoms with van der Waals surface area (Å²) in [6.45, 7) is 8.06. The number of nitrogens with zero attached hydrogens (tertiary/aromatic N) is 5. The second-order valence-electron chi connectivity index (χ2n) is 5.51. The molecule has 1 unspecified atom stereocenters. The summed E-state index contributed by atoms with van der Waals surface area (Å²) in [7, 11) is 1.99. The molecule has 7 heteroatoms. The van der Waals surface area contributed by atoms with Crippen molar-refractivity contribution in [3.8, 4) is 0 Å². The molecule has 0 fully saturated rings. The minimum absolute atomic E-state index is 0.506. The summed E-state index contributed by atoms with van der Waals surface area (Å²) in [5.41, 5.74) is 1.25. The molecular weight excluding hydrogens is 284 g/mol. The average molecular weight is 306 g/mol. The normalized spacial score (nSPS) is 16.0. The van der Waals surface area contributed by atoms with Gasteiger partial charge in [-0.15, -0.1) is 21.5 Å². The molecule has 1 atom stereocenters. The molecule has 21 heavy (non-hydrogen) atoms. The van der Waals surface area contributed by atoms with E-state index in [1.165, 1.54) is 10.6 Å². The second-order valence-corrected chi connectivity index (χ2v) is 6.57. The van der Waals surface area contributed by atoms with Crippen molar-refractivity contribution in [2.45, 2.75) is 45.8 Å². The van der Waals surface area contributed by atoms with E-state index in [4.69, 9.17) is 4.98 Å². The van der Waals surface area contributed by atoms with Crippen LogP contribution in [0.2, 0.25) is 0 Å². The highest BCUT2D eigenvalue weighted by Gasteiger charge is 2.23. The zero-order valence-electron chi connectivity index (χ0n) is 12.8. The lowest BCUT2D eigenvalue weighted by Crippen LogP contribution is -2.33. The van der Waals surface area contributed by atoms with E-state index in [0.717, 1.165) is 43.6 Å². The Morgan fingerprint density at radius 2 is 2.29 bits per heavy atom. The van der Waals surface area contributed by atoms with Gasteiger partial charge in [0.15, 0.2) is 11.0 Å². The second kappa shape index (κ2) is 6.11. The Morgan fingerprint density at radius 3 is 3.05 bits per heavy atom. The van der Waals surface area contributed by atoms with Crippen LogP contribution < -0.4 is 10.2 Å². The fraction of sp³-hybridized carbons (Fsp3) is 0.643. The summed E-state index contributed by atoms with van der Waals surface area (Å²) in [6, 6.07) is 0. The van der Waals surface area contributed by atoms with Crippen LogP contribution in [0.15, 0.2) is 6.33 Å². The van der Waals surface area contributed by atoms with Gasteiger partial charge in [-0.1, -0.05) is 13.8 Å². The van der Waals surface area contributed by atoms with E-state index >= 15 is 0 Å². The molecule has 3 rings (SSSR count). The molecule has 114 valence electrons. The number of hydrogen-bond donors (Lipinski definition) is 1. The summed E-state index contributed by atoms with van der Waals surface area (Å²) in [5, 5.41) is 12.5. The smallest absolute Gasteiger partial charge is 0.186 e. The third-order valence-electron chi connectivity index (χ3n) is 4.04. The minimum Gasteiger partial charge on any atom is -0.339 e. The first-order valence-corrected chi connectivity index (χ1v) is 8.30. The third-order valence-corrected chi connectivity index (χ3v) is 5.17. The Kier molecular flexibility index (Phi) is 4.21. The topological polar surface area (TPSA) is 58.9 Å². The molecule has 1 aliphatic heterocycles. The number of aromatic nitrogens is 4. The summed E-state index contributed by atoms with van der Waals surface area (Å²) in [5.74, 6) is 1.53. The van der Waals surface area contributed by atoms with Crippen molar-refractivity contribution in [2.24, 2.45) is 0 Å². The summed E-state index contributed by atoms with van der Waals surface area (Å²) < 4.78 is 2.12. The van der Waals surface area contributed by atoms with Crippen LogP contribution in [0.25, 0.3) is 0 Å². The van der Waals surface area contributed by atoms with Crippen LogP contribution in [0.1, 0.15) is 42.6 Å². The van der Waals surface area contributed by atoms with Crippen LogP contribution in [-0.2, 0) is 19.6 Å². The standard InChI is InChI=1S/C14H22N6S/c1-4-10(2)13-11(7-15-3)21-14(17-13)19-5-6-20-9-16-18-12(20)8-19/h9-10,15H,4-8H2,1-3H3. The number of rotatable bonds is 5. The van der Waals surface area contributed by atoms with Crippen LogP contribution in [0.5, 0.6) is 0 Å². The predicted molar refractivity (Wildman–Crippen MR) is 84.7 cm³/mol. The number of nitrogens with one attached hydrogen (secondary N) is 1. The molecule has 1 aliphatic rings. The molecule has 0 bridgehead atoms. The van der Waals surface area contributed by atoms with Crippen molar-refractivity contribution in [1.82, 2.24) is 25.1 Å². The first-order valence-electron chi connectivity index (χ1n) is 7.48. The molecule has 0 saturated heterocycles. The van der Waals surface area contributed by atoms with E-state index in [1.54, 1.807) is 11.3 Å². The van der Waals surface area contributed by atoms with E-state index in [-0.39, 0.29) is 0 Å². The molecule has 6 nitrogen and oxygen atoms in total. The molecule has 2 aromatic rings. The van der Waals surface area contributed by atoms with Crippen molar-refractivity contribution in [1.29, 1.82) is 0 Å². The summed E-state index contributed by atoms with van der Waals surface area (Å²) in [4.78, 5) is 8.60. The minimum atomic E-state index is 0.506. The number of anilines is 1. The molecule has 0 saturated carbocycles. The van der Waals surface area contributed by atoms with E-state index in [9.17, 15) is 0 Å². The zero-order valence-corrected chi connectivity index (χ0v) is 13.7. The van der Waals surface area contributed by atoms with Crippen molar-refractivity contribution in [3.63, 3.8) is 0 Å². The van der Waals surface area contributed by atoms with Gasteiger partial charge in [0.05, 0.1) is 12.2 Å². The predicted octanol–water partition coefficient (Wildman–Crippen LogP) is 1.99. The largest absolute Gasteiger partial charge is 0.339 e. The first kappa shape index (κ1) is 14.5. The maximum atomic E-state index is 4.93. The number of thiazole rings is 1. The van der Waals surface area contributed by atoms with Gasteiger partial charge in [-0.2, -0.15) is 0 Å². The van der Waals surface area contributed by atoms with Gasteiger partial charge in [-0.25, -0.2) is 4.98 Å². The van der Waals surface area contributed by atoms with Crippen molar-refractivity contribution in [2.75, 3.05) is 18.5 Å². The molecule has 3 heterocycles. The zero-order chi connectivity index (χ0) is 14.8. The Hall–Kier alpha value is -1.47. The monoisotopic (exact) mass is 306 g/mol. The van der Waals surface area contributed by atoms with Gasteiger partial charge >= 0.3 is 0 Å². The van der Waals surface area contributed by atoms with Crippen LogP contribution in [0.4, 0.5) is 5.13 Å². The fourth-order valence-corrected chi connectivity index (χ4v) is 3.80. The molecule has 0 aromatic carbocycles. The molecule has 2 aromatic heterocycles. The van der Waals surface area contributed by atoms with E-state index in [2.05, 4.69) is 38.8 Å². The lowest BCUT2D eigenvalue weighted by molar-refractivity contribution is 0.558. The summed E-state index contributed by atoms with van der Waals surface area (Å²) >= 11 is 1.81. The van der Waals surface area contributed by atoms with E-state index in [1.807, 2.05) is 13.4 Å². The van der Waals surface area contributed by atoms with Gasteiger partial charge in [-0.3, -0.25) is 0 Å². The van der Waals surface area contributed by atoms with Gasteiger partial charge in [-0.05, 0) is 19.4 Å². The fourth-order valence-electron chi connectivity index (χ4n) is 2.58. The SMILES string of the molecule is CCC(C)c1nc(N2CCn3cnnc3C2)sc1CNC. The summed E-state index contributed by atoms with van der Waals surface area (Å²) in [6.07, 6.45) is 2.93. The lowest BCUT2D eigenvalue weighted by atomic mass is 10.0. The van der Waals surface area contributed by atoms with Gasteiger partial charge in [0.2, 0.25) is 0 Å². The number of fused-ring (bicyclic) bond motifs is 1. The van der Waals surface area contributed by atoms with Gasteiger partial charge in [0.1, 0.15) is 6.33 Å². The van der Waals surface area contributed by atoms with Crippen LogP contribution in [-0.4, -0.2) is 33.3 Å². The number of hydrogen-bond acceptors (Lipinski definition) is 6. The van der Waals surface area contributed by atoms with Gasteiger partial charge in [0.25, 0.3) is 0 Å². The lowest BCUT2D eigenvalue weighted by Gasteiger charge is -2.26. The van der Waals surface area contributed by atoms with Crippen LogP contribution in [0, 0.1) is 0 Å². The highest BCUT2D eigenvalue weighted by Crippen LogP contribution is 2.33. The molecule has 0 radical (unpaired) electrons. The Balaban J connectivity index is 1.86. The maximum Gasteiger partial charge on any atom is 0.186 e. The third kappa shape index (κ3) is 2.80. The molecule has 0 spiro atoms. The van der Waals surface area contributed by atoms with Gasteiger partial charge < -0.3 is 14.8 Å².